The van der Waals surface area contributed by atoms with Crippen LogP contribution in [0, 0.1) is 12.7 Å². The molecule has 0 spiro atoms. The number of piperazine rings is 1. The van der Waals surface area contributed by atoms with Crippen molar-refractivity contribution in [2.75, 3.05) is 50.1 Å². The minimum atomic E-state index is -0.432. The number of methoxy groups -OCH3 is 1. The average molecular weight is 386 g/mol. The van der Waals surface area contributed by atoms with E-state index in [9.17, 15) is 14.0 Å². The van der Waals surface area contributed by atoms with Crippen molar-refractivity contribution in [3.63, 3.8) is 0 Å². The van der Waals surface area contributed by atoms with Crippen LogP contribution in [0.25, 0.3) is 0 Å². The lowest BCUT2D eigenvalue weighted by molar-refractivity contribution is -0.892. The molecule has 2 N–H and O–H groups in total. The Kier molecular flexibility index (Phi) is 6.26. The van der Waals surface area contributed by atoms with Gasteiger partial charge in [0.05, 0.1) is 38.9 Å². The van der Waals surface area contributed by atoms with Crippen molar-refractivity contribution in [3.05, 3.63) is 59.4 Å². The minimum Gasteiger partial charge on any atom is -0.465 e. The minimum absolute atomic E-state index is 0.0876. The molecule has 1 heterocycles. The molecule has 0 radical (unpaired) electrons. The van der Waals surface area contributed by atoms with Crippen LogP contribution < -0.4 is 15.1 Å². The first-order chi connectivity index (χ1) is 13.5. The Morgan fingerprint density at radius 2 is 1.82 bits per heavy atom. The highest BCUT2D eigenvalue weighted by molar-refractivity contribution is 5.95. The lowest BCUT2D eigenvalue weighted by Gasteiger charge is -2.33. The van der Waals surface area contributed by atoms with Crippen LogP contribution in [0.4, 0.5) is 15.8 Å². The molecule has 1 fully saturated rings. The van der Waals surface area contributed by atoms with Gasteiger partial charge in [0.2, 0.25) is 0 Å². The summed E-state index contributed by atoms with van der Waals surface area (Å²) in [7, 11) is 1.33. The predicted molar refractivity (Wildman–Crippen MR) is 105 cm³/mol. The van der Waals surface area contributed by atoms with Crippen molar-refractivity contribution in [2.24, 2.45) is 0 Å². The van der Waals surface area contributed by atoms with Gasteiger partial charge in [-0.25, -0.2) is 9.18 Å². The summed E-state index contributed by atoms with van der Waals surface area (Å²) in [5.74, 6) is -0.760. The smallest absolute Gasteiger partial charge is 0.337 e. The summed E-state index contributed by atoms with van der Waals surface area (Å²) >= 11 is 0. The molecule has 148 valence electrons. The van der Waals surface area contributed by atoms with E-state index in [4.69, 9.17) is 4.74 Å². The first kappa shape index (κ1) is 19.8. The third-order valence-electron chi connectivity index (χ3n) is 5.01. The van der Waals surface area contributed by atoms with Gasteiger partial charge in [0.25, 0.3) is 5.91 Å². The largest absolute Gasteiger partial charge is 0.465 e. The number of aryl methyl sites for hydroxylation is 1. The molecule has 1 aliphatic rings. The molecule has 1 amide bonds. The number of ether oxygens (including phenoxy) is 1. The first-order valence-electron chi connectivity index (χ1n) is 9.29. The van der Waals surface area contributed by atoms with E-state index in [1.807, 2.05) is 6.92 Å². The number of nitrogens with zero attached hydrogens (tertiary/aromatic N) is 1. The van der Waals surface area contributed by atoms with Gasteiger partial charge >= 0.3 is 5.97 Å². The molecule has 3 rings (SSSR count). The van der Waals surface area contributed by atoms with E-state index in [-0.39, 0.29) is 11.7 Å². The zero-order chi connectivity index (χ0) is 20.1. The third-order valence-corrected chi connectivity index (χ3v) is 5.01. The van der Waals surface area contributed by atoms with Crippen LogP contribution in [0.5, 0.6) is 0 Å². The standard InChI is InChI=1S/C21H24FN3O3/c1-15-3-4-16(21(27)28-2)13-19(15)23-20(26)14-24-9-11-25(12-10-24)18-7-5-17(22)6-8-18/h3-8,13H,9-12,14H2,1-2H3,(H,23,26)/p+1. The number of anilines is 2. The zero-order valence-corrected chi connectivity index (χ0v) is 16.1. The number of hydrogen-bond acceptors (Lipinski definition) is 4. The van der Waals surface area contributed by atoms with Crippen molar-refractivity contribution >= 4 is 23.3 Å². The van der Waals surface area contributed by atoms with E-state index in [0.717, 1.165) is 37.4 Å². The Labute approximate surface area is 163 Å². The van der Waals surface area contributed by atoms with Gasteiger partial charge in [-0.1, -0.05) is 6.07 Å². The van der Waals surface area contributed by atoms with E-state index in [0.29, 0.717) is 17.8 Å². The van der Waals surface area contributed by atoms with Crippen molar-refractivity contribution in [1.29, 1.82) is 0 Å². The lowest BCUT2D eigenvalue weighted by atomic mass is 10.1. The number of carbonyl (C=O) groups is 2. The molecule has 0 bridgehead atoms. The number of quaternary nitrogens is 1. The number of esters is 1. The summed E-state index contributed by atoms with van der Waals surface area (Å²) in [6, 6.07) is 11.6. The van der Waals surface area contributed by atoms with Crippen molar-refractivity contribution in [2.45, 2.75) is 6.92 Å². The van der Waals surface area contributed by atoms with Crippen LogP contribution >= 0.6 is 0 Å². The van der Waals surface area contributed by atoms with Gasteiger partial charge in [-0.3, -0.25) is 4.79 Å². The second-order valence-electron chi connectivity index (χ2n) is 6.96. The van der Waals surface area contributed by atoms with E-state index in [2.05, 4.69) is 10.2 Å². The molecular formula is C21H25FN3O3+. The number of amides is 1. The summed E-state index contributed by atoms with van der Waals surface area (Å²) in [5, 5.41) is 2.90. The Morgan fingerprint density at radius 3 is 2.46 bits per heavy atom. The molecule has 0 aliphatic carbocycles. The summed E-state index contributed by atoms with van der Waals surface area (Å²) in [4.78, 5) is 27.5. The van der Waals surface area contributed by atoms with Gasteiger partial charge in [-0.05, 0) is 48.9 Å². The second kappa shape index (κ2) is 8.84. The van der Waals surface area contributed by atoms with Crippen LogP contribution in [0.1, 0.15) is 15.9 Å². The maximum Gasteiger partial charge on any atom is 0.337 e. The molecule has 2 aromatic rings. The molecule has 6 nitrogen and oxygen atoms in total. The highest BCUT2D eigenvalue weighted by Gasteiger charge is 2.23. The van der Waals surface area contributed by atoms with Gasteiger partial charge in [0.15, 0.2) is 6.54 Å². The number of hydrogen-bond donors (Lipinski definition) is 2. The van der Waals surface area contributed by atoms with Gasteiger partial charge in [-0.2, -0.15) is 0 Å². The monoisotopic (exact) mass is 386 g/mol. The molecule has 0 atom stereocenters. The van der Waals surface area contributed by atoms with Gasteiger partial charge < -0.3 is 19.9 Å². The third kappa shape index (κ3) is 4.86. The van der Waals surface area contributed by atoms with Crippen molar-refractivity contribution in [1.82, 2.24) is 0 Å². The van der Waals surface area contributed by atoms with Crippen LogP contribution in [0.3, 0.4) is 0 Å². The Morgan fingerprint density at radius 1 is 1.14 bits per heavy atom. The van der Waals surface area contributed by atoms with Gasteiger partial charge in [0, 0.05) is 11.4 Å². The van der Waals surface area contributed by atoms with Crippen LogP contribution in [-0.4, -0.2) is 51.7 Å². The highest BCUT2D eigenvalue weighted by Crippen LogP contribution is 2.17. The zero-order valence-electron chi connectivity index (χ0n) is 16.1. The fourth-order valence-electron chi connectivity index (χ4n) is 3.33. The maximum atomic E-state index is 13.1. The van der Waals surface area contributed by atoms with Crippen LogP contribution in [-0.2, 0) is 9.53 Å². The maximum absolute atomic E-state index is 13.1. The molecule has 7 heteroatoms. The Bertz CT molecular complexity index is 846. The summed E-state index contributed by atoms with van der Waals surface area (Å²) in [6.07, 6.45) is 0. The van der Waals surface area contributed by atoms with Crippen molar-refractivity contribution in [3.8, 4) is 0 Å². The summed E-state index contributed by atoms with van der Waals surface area (Å²) in [5.41, 5.74) is 2.91. The first-order valence-corrected chi connectivity index (χ1v) is 9.29. The fourth-order valence-corrected chi connectivity index (χ4v) is 3.33. The van der Waals surface area contributed by atoms with Crippen LogP contribution in [0.15, 0.2) is 42.5 Å². The molecule has 28 heavy (non-hydrogen) atoms. The normalized spacial score (nSPS) is 14.6. The molecule has 2 aromatic carbocycles. The van der Waals surface area contributed by atoms with Gasteiger partial charge in [0.1, 0.15) is 5.82 Å². The molecule has 0 unspecified atom stereocenters. The van der Waals surface area contributed by atoms with Crippen molar-refractivity contribution < 1.29 is 23.6 Å². The van der Waals surface area contributed by atoms with E-state index >= 15 is 0 Å². The molecular weight excluding hydrogens is 361 g/mol. The number of rotatable bonds is 5. The van der Waals surface area contributed by atoms with E-state index in [1.54, 1.807) is 30.3 Å². The Balaban J connectivity index is 1.53. The van der Waals surface area contributed by atoms with Gasteiger partial charge in [-0.15, -0.1) is 0 Å². The fraction of sp³-hybridized carbons (Fsp3) is 0.333. The molecule has 1 saturated heterocycles. The lowest BCUT2D eigenvalue weighted by Crippen LogP contribution is -3.15. The average Bonchev–Trinajstić information content (AvgIpc) is 2.70. The number of nitrogens with one attached hydrogen (secondary N) is 2. The molecule has 1 aliphatic heterocycles. The molecule has 0 aromatic heterocycles. The highest BCUT2D eigenvalue weighted by atomic mass is 19.1. The second-order valence-corrected chi connectivity index (χ2v) is 6.96. The van der Waals surface area contributed by atoms with Crippen LogP contribution in [0.2, 0.25) is 0 Å². The number of benzene rings is 2. The van der Waals surface area contributed by atoms with E-state index < -0.39 is 5.97 Å². The van der Waals surface area contributed by atoms with E-state index in [1.165, 1.54) is 24.1 Å². The predicted octanol–water partition coefficient (Wildman–Crippen LogP) is 1.26. The summed E-state index contributed by atoms with van der Waals surface area (Å²) < 4.78 is 17.8. The molecule has 0 saturated carbocycles. The topological polar surface area (TPSA) is 63.1 Å². The summed E-state index contributed by atoms with van der Waals surface area (Å²) in [6.45, 7) is 5.51. The number of halogens is 1. The quantitative estimate of drug-likeness (QED) is 0.760. The SMILES string of the molecule is COC(=O)c1ccc(C)c(NC(=O)C[NH+]2CCN(c3ccc(F)cc3)CC2)c1. The number of carbonyl (C=O) groups excluding carboxylic acids is 2. The Hall–Kier alpha value is -2.93.